The molecule has 0 radical (unpaired) electrons. The Labute approximate surface area is 154 Å². The van der Waals surface area contributed by atoms with Crippen LogP contribution in [0.25, 0.3) is 0 Å². The van der Waals surface area contributed by atoms with Crippen molar-refractivity contribution in [1.29, 1.82) is 0 Å². The standard InChI is InChI=1S/C18H31N5OS/c1-2-20-18(22-14-16-6-5-13-25-16)21-9-3-4-10-23-11-7-15(8-12-23)17(19)24/h5-6,13,15H,2-4,7-12,14H2,1H3,(H2,19,24)(H2,20,21,22). The molecule has 1 aliphatic rings. The molecule has 0 aliphatic carbocycles. The summed E-state index contributed by atoms with van der Waals surface area (Å²) >= 11 is 1.74. The third kappa shape index (κ3) is 7.44. The van der Waals surface area contributed by atoms with Gasteiger partial charge >= 0.3 is 0 Å². The van der Waals surface area contributed by atoms with Crippen LogP contribution in [0.5, 0.6) is 0 Å². The average Bonchev–Trinajstić information content (AvgIpc) is 3.13. The molecule has 0 spiro atoms. The summed E-state index contributed by atoms with van der Waals surface area (Å²) in [7, 11) is 0. The first-order chi connectivity index (χ1) is 12.2. The molecule has 1 saturated heterocycles. The van der Waals surface area contributed by atoms with Gasteiger partial charge in [0.25, 0.3) is 0 Å². The van der Waals surface area contributed by atoms with E-state index in [-0.39, 0.29) is 11.8 Å². The monoisotopic (exact) mass is 365 g/mol. The van der Waals surface area contributed by atoms with E-state index in [0.717, 1.165) is 70.9 Å². The molecular weight excluding hydrogens is 334 g/mol. The molecule has 2 rings (SSSR count). The van der Waals surface area contributed by atoms with Crippen molar-refractivity contribution in [1.82, 2.24) is 15.5 Å². The third-order valence-electron chi connectivity index (χ3n) is 4.50. The lowest BCUT2D eigenvalue weighted by atomic mass is 9.96. The molecule has 0 bridgehead atoms. The van der Waals surface area contributed by atoms with Gasteiger partial charge in [-0.1, -0.05) is 6.07 Å². The number of rotatable bonds is 9. The topological polar surface area (TPSA) is 82.8 Å². The van der Waals surface area contributed by atoms with Crippen molar-refractivity contribution < 1.29 is 4.79 Å². The van der Waals surface area contributed by atoms with Gasteiger partial charge in [-0.25, -0.2) is 4.99 Å². The van der Waals surface area contributed by atoms with Crippen LogP contribution in [0.1, 0.15) is 37.5 Å². The van der Waals surface area contributed by atoms with Crippen LogP contribution < -0.4 is 16.4 Å². The zero-order chi connectivity index (χ0) is 17.9. The number of nitrogens with one attached hydrogen (secondary N) is 2. The molecule has 1 aliphatic heterocycles. The van der Waals surface area contributed by atoms with Crippen molar-refractivity contribution in [3.63, 3.8) is 0 Å². The summed E-state index contributed by atoms with van der Waals surface area (Å²) in [6.45, 7) is 7.67. The van der Waals surface area contributed by atoms with Crippen LogP contribution in [0.2, 0.25) is 0 Å². The normalized spacial score (nSPS) is 16.8. The number of unbranched alkanes of at least 4 members (excludes halogenated alkanes) is 1. The fourth-order valence-electron chi connectivity index (χ4n) is 3.01. The van der Waals surface area contributed by atoms with Gasteiger partial charge in [0.15, 0.2) is 5.96 Å². The van der Waals surface area contributed by atoms with Gasteiger partial charge in [-0.15, -0.1) is 11.3 Å². The zero-order valence-electron chi connectivity index (χ0n) is 15.2. The Morgan fingerprint density at radius 1 is 1.36 bits per heavy atom. The lowest BCUT2D eigenvalue weighted by Gasteiger charge is -2.30. The Bertz CT molecular complexity index is 524. The fraction of sp³-hybridized carbons (Fsp3) is 0.667. The number of nitrogens with zero attached hydrogens (tertiary/aromatic N) is 2. The predicted octanol–water partition coefficient (Wildman–Crippen LogP) is 1.78. The number of amides is 1. The average molecular weight is 366 g/mol. The van der Waals surface area contributed by atoms with Crippen LogP contribution in [0, 0.1) is 5.92 Å². The van der Waals surface area contributed by atoms with E-state index in [2.05, 4.69) is 45.0 Å². The van der Waals surface area contributed by atoms with Crippen LogP contribution in [0.3, 0.4) is 0 Å². The molecule has 0 unspecified atom stereocenters. The number of carbonyl (C=O) groups excluding carboxylic acids is 1. The SMILES string of the molecule is CCNC(=NCc1cccs1)NCCCCN1CCC(C(N)=O)CC1. The van der Waals surface area contributed by atoms with Crippen LogP contribution in [0.15, 0.2) is 22.5 Å². The number of thiophene rings is 1. The minimum absolute atomic E-state index is 0.0835. The van der Waals surface area contributed by atoms with E-state index in [1.54, 1.807) is 11.3 Å². The first-order valence-corrected chi connectivity index (χ1v) is 10.1. The van der Waals surface area contributed by atoms with Crippen LogP contribution in [0.4, 0.5) is 0 Å². The Kier molecular flexibility index (Phi) is 8.76. The summed E-state index contributed by atoms with van der Waals surface area (Å²) in [6.07, 6.45) is 4.08. The highest BCUT2D eigenvalue weighted by Gasteiger charge is 2.22. The van der Waals surface area contributed by atoms with Gasteiger partial charge in [-0.3, -0.25) is 4.79 Å². The summed E-state index contributed by atoms with van der Waals surface area (Å²) < 4.78 is 0. The summed E-state index contributed by atoms with van der Waals surface area (Å²) in [4.78, 5) is 19.5. The minimum Gasteiger partial charge on any atom is -0.369 e. The number of aliphatic imine (C=N–C) groups is 1. The van der Waals surface area contributed by atoms with Crippen molar-refractivity contribution in [3.8, 4) is 0 Å². The lowest BCUT2D eigenvalue weighted by Crippen LogP contribution is -2.39. The first kappa shape index (κ1) is 19.7. The lowest BCUT2D eigenvalue weighted by molar-refractivity contribution is -0.123. The highest BCUT2D eigenvalue weighted by molar-refractivity contribution is 7.09. The highest BCUT2D eigenvalue weighted by atomic mass is 32.1. The van der Waals surface area contributed by atoms with Crippen LogP contribution in [-0.2, 0) is 11.3 Å². The Morgan fingerprint density at radius 2 is 2.16 bits per heavy atom. The van der Waals surface area contributed by atoms with Gasteiger partial charge in [-0.05, 0) is 63.7 Å². The summed E-state index contributed by atoms with van der Waals surface area (Å²) in [5, 5.41) is 8.78. The van der Waals surface area contributed by atoms with Gasteiger partial charge in [-0.2, -0.15) is 0 Å². The Hall–Kier alpha value is -1.60. The molecule has 0 atom stereocenters. The maximum Gasteiger partial charge on any atom is 0.220 e. The second kappa shape index (κ2) is 11.1. The van der Waals surface area contributed by atoms with E-state index in [9.17, 15) is 4.79 Å². The van der Waals surface area contributed by atoms with E-state index in [4.69, 9.17) is 5.73 Å². The maximum atomic E-state index is 11.2. The number of piperidine rings is 1. The number of guanidine groups is 1. The largest absolute Gasteiger partial charge is 0.369 e. The van der Waals surface area contributed by atoms with E-state index in [0.29, 0.717) is 0 Å². The van der Waals surface area contributed by atoms with E-state index in [1.807, 2.05) is 0 Å². The number of nitrogens with two attached hydrogens (primary N) is 1. The molecule has 1 aromatic heterocycles. The van der Waals surface area contributed by atoms with Crippen molar-refractivity contribution in [2.24, 2.45) is 16.6 Å². The molecule has 6 nitrogen and oxygen atoms in total. The van der Waals surface area contributed by atoms with Gasteiger partial charge in [0.1, 0.15) is 0 Å². The molecule has 2 heterocycles. The van der Waals surface area contributed by atoms with E-state index < -0.39 is 0 Å². The zero-order valence-corrected chi connectivity index (χ0v) is 16.0. The van der Waals surface area contributed by atoms with Crippen LogP contribution >= 0.6 is 11.3 Å². The molecule has 1 fully saturated rings. The van der Waals surface area contributed by atoms with Gasteiger partial charge in [0.05, 0.1) is 6.54 Å². The molecule has 1 aromatic rings. The smallest absolute Gasteiger partial charge is 0.220 e. The van der Waals surface area contributed by atoms with Gasteiger partial charge < -0.3 is 21.3 Å². The Morgan fingerprint density at radius 3 is 2.80 bits per heavy atom. The molecule has 140 valence electrons. The van der Waals surface area contributed by atoms with Crippen molar-refractivity contribution in [2.75, 3.05) is 32.7 Å². The molecule has 0 aromatic carbocycles. The van der Waals surface area contributed by atoms with Crippen molar-refractivity contribution in [2.45, 2.75) is 39.2 Å². The Balaban J connectivity index is 1.59. The second-order valence-corrected chi connectivity index (χ2v) is 7.46. The molecule has 4 N–H and O–H groups in total. The molecular formula is C18H31N5OS. The maximum absolute atomic E-state index is 11.2. The predicted molar refractivity (Wildman–Crippen MR) is 105 cm³/mol. The van der Waals surface area contributed by atoms with Crippen LogP contribution in [-0.4, -0.2) is 49.5 Å². The number of likely N-dealkylation sites (tertiary alicyclic amines) is 1. The summed E-state index contributed by atoms with van der Waals surface area (Å²) in [5.41, 5.74) is 5.38. The molecule has 0 saturated carbocycles. The summed E-state index contributed by atoms with van der Waals surface area (Å²) in [5.74, 6) is 0.833. The van der Waals surface area contributed by atoms with Crippen molar-refractivity contribution in [3.05, 3.63) is 22.4 Å². The van der Waals surface area contributed by atoms with Crippen molar-refractivity contribution >= 4 is 23.2 Å². The number of carbonyl (C=O) groups is 1. The summed E-state index contributed by atoms with van der Waals surface area (Å²) in [6, 6.07) is 4.17. The number of hydrogen-bond acceptors (Lipinski definition) is 4. The van der Waals surface area contributed by atoms with Gasteiger partial charge in [0.2, 0.25) is 5.91 Å². The fourth-order valence-corrected chi connectivity index (χ4v) is 3.64. The molecule has 25 heavy (non-hydrogen) atoms. The van der Waals surface area contributed by atoms with Gasteiger partial charge in [0, 0.05) is 23.9 Å². The number of hydrogen-bond donors (Lipinski definition) is 3. The quantitative estimate of drug-likeness (QED) is 0.354. The first-order valence-electron chi connectivity index (χ1n) is 9.25. The third-order valence-corrected chi connectivity index (χ3v) is 5.36. The molecule has 1 amide bonds. The number of primary amides is 1. The van der Waals surface area contributed by atoms with E-state index >= 15 is 0 Å². The second-order valence-electron chi connectivity index (χ2n) is 6.43. The highest BCUT2D eigenvalue weighted by Crippen LogP contribution is 2.16. The minimum atomic E-state index is -0.137. The van der Waals surface area contributed by atoms with E-state index in [1.165, 1.54) is 4.88 Å². The molecule has 7 heteroatoms.